The van der Waals surface area contributed by atoms with E-state index in [0.717, 1.165) is 18.6 Å². The summed E-state index contributed by atoms with van der Waals surface area (Å²) in [5.74, 6) is 0.430. The van der Waals surface area contributed by atoms with Crippen LogP contribution in [0, 0.1) is 0 Å². The molecule has 1 aliphatic carbocycles. The highest BCUT2D eigenvalue weighted by Gasteiger charge is 2.39. The average molecular weight is 292 g/mol. The molecule has 1 aromatic heterocycles. The second-order valence-corrected chi connectivity index (χ2v) is 6.17. The van der Waals surface area contributed by atoms with Crippen LogP contribution in [0.3, 0.4) is 0 Å². The number of hydrogen-bond donors (Lipinski definition) is 2. The van der Waals surface area contributed by atoms with Crippen LogP contribution >= 0.6 is 0 Å². The van der Waals surface area contributed by atoms with Crippen molar-refractivity contribution in [2.45, 2.75) is 43.6 Å². The van der Waals surface area contributed by atoms with Crippen molar-refractivity contribution in [1.29, 1.82) is 0 Å². The van der Waals surface area contributed by atoms with E-state index in [9.17, 15) is 14.7 Å². The molecule has 114 valence electrons. The van der Waals surface area contributed by atoms with Gasteiger partial charge in [-0.25, -0.2) is 0 Å². The molecule has 2 aliphatic rings. The fourth-order valence-corrected chi connectivity index (χ4v) is 3.08. The SMILES string of the molecule is NC(=O)CC1(O)CCCN(C(=O)c2ccoc2C2CC2)C1. The first kappa shape index (κ1) is 14.1. The van der Waals surface area contributed by atoms with E-state index in [1.54, 1.807) is 17.2 Å². The number of nitrogens with zero attached hydrogens (tertiary/aromatic N) is 1. The summed E-state index contributed by atoms with van der Waals surface area (Å²) in [6.45, 7) is 0.721. The number of rotatable bonds is 4. The smallest absolute Gasteiger partial charge is 0.257 e. The van der Waals surface area contributed by atoms with Gasteiger partial charge in [0.05, 0.1) is 30.4 Å². The highest BCUT2D eigenvalue weighted by Crippen LogP contribution is 2.42. The zero-order valence-electron chi connectivity index (χ0n) is 11.9. The lowest BCUT2D eigenvalue weighted by Gasteiger charge is -2.38. The van der Waals surface area contributed by atoms with Gasteiger partial charge < -0.3 is 20.2 Å². The number of β-amino-alcohol motifs (C(OH)–C–C–N with tert-alkyl or cyclic N) is 1. The van der Waals surface area contributed by atoms with Gasteiger partial charge in [0.15, 0.2) is 0 Å². The van der Waals surface area contributed by atoms with Crippen molar-refractivity contribution in [2.75, 3.05) is 13.1 Å². The molecule has 6 nitrogen and oxygen atoms in total. The van der Waals surface area contributed by atoms with Crippen LogP contribution in [0.25, 0.3) is 0 Å². The number of aliphatic hydroxyl groups is 1. The summed E-state index contributed by atoms with van der Waals surface area (Å²) in [6.07, 6.45) is 4.68. The molecule has 3 N–H and O–H groups in total. The summed E-state index contributed by atoms with van der Waals surface area (Å²) in [6, 6.07) is 1.69. The number of hydrogen-bond acceptors (Lipinski definition) is 4. The third-order valence-corrected chi connectivity index (χ3v) is 4.22. The molecule has 1 aliphatic heterocycles. The maximum Gasteiger partial charge on any atom is 0.257 e. The fourth-order valence-electron chi connectivity index (χ4n) is 3.08. The molecule has 1 saturated heterocycles. The van der Waals surface area contributed by atoms with Crippen molar-refractivity contribution in [2.24, 2.45) is 5.73 Å². The Labute approximate surface area is 122 Å². The van der Waals surface area contributed by atoms with Crippen LogP contribution in [0.4, 0.5) is 0 Å². The summed E-state index contributed by atoms with van der Waals surface area (Å²) < 4.78 is 5.43. The number of amides is 2. The maximum absolute atomic E-state index is 12.6. The Kier molecular flexibility index (Phi) is 3.49. The first-order valence-electron chi connectivity index (χ1n) is 7.36. The van der Waals surface area contributed by atoms with Gasteiger partial charge in [0.1, 0.15) is 5.76 Å². The van der Waals surface area contributed by atoms with Crippen LogP contribution < -0.4 is 5.73 Å². The monoisotopic (exact) mass is 292 g/mol. The largest absolute Gasteiger partial charge is 0.468 e. The number of primary amides is 1. The molecule has 1 saturated carbocycles. The lowest BCUT2D eigenvalue weighted by molar-refractivity contribution is -0.125. The highest BCUT2D eigenvalue weighted by atomic mass is 16.3. The summed E-state index contributed by atoms with van der Waals surface area (Å²) in [4.78, 5) is 25.3. The number of likely N-dealkylation sites (tertiary alicyclic amines) is 1. The van der Waals surface area contributed by atoms with Crippen molar-refractivity contribution >= 4 is 11.8 Å². The molecular formula is C15H20N2O4. The van der Waals surface area contributed by atoms with Crippen molar-refractivity contribution < 1.29 is 19.1 Å². The van der Waals surface area contributed by atoms with Crippen molar-refractivity contribution in [3.8, 4) is 0 Å². The number of nitrogens with two attached hydrogens (primary N) is 1. The van der Waals surface area contributed by atoms with Gasteiger partial charge in [-0.05, 0) is 31.7 Å². The van der Waals surface area contributed by atoms with E-state index < -0.39 is 11.5 Å². The lowest BCUT2D eigenvalue weighted by Crippen LogP contribution is -2.51. The summed E-state index contributed by atoms with van der Waals surface area (Å²) in [5.41, 5.74) is 4.56. The van der Waals surface area contributed by atoms with Gasteiger partial charge in [0, 0.05) is 12.5 Å². The Bertz CT molecular complexity index is 564. The van der Waals surface area contributed by atoms with Gasteiger partial charge in [0.2, 0.25) is 5.91 Å². The normalized spacial score (nSPS) is 25.9. The molecule has 21 heavy (non-hydrogen) atoms. The summed E-state index contributed by atoms with van der Waals surface area (Å²) in [5, 5.41) is 10.4. The number of carbonyl (C=O) groups is 2. The van der Waals surface area contributed by atoms with Crippen LogP contribution in [-0.4, -0.2) is 40.5 Å². The van der Waals surface area contributed by atoms with E-state index >= 15 is 0 Å². The second-order valence-electron chi connectivity index (χ2n) is 6.17. The molecule has 0 aromatic carbocycles. The molecular weight excluding hydrogens is 272 g/mol. The van der Waals surface area contributed by atoms with Gasteiger partial charge in [-0.15, -0.1) is 0 Å². The van der Waals surface area contributed by atoms with Crippen LogP contribution in [0.1, 0.15) is 54.1 Å². The lowest BCUT2D eigenvalue weighted by atomic mass is 9.89. The molecule has 6 heteroatoms. The van der Waals surface area contributed by atoms with E-state index in [1.165, 1.54) is 0 Å². The Morgan fingerprint density at radius 1 is 1.48 bits per heavy atom. The summed E-state index contributed by atoms with van der Waals surface area (Å²) in [7, 11) is 0. The van der Waals surface area contributed by atoms with Crippen molar-refractivity contribution in [3.05, 3.63) is 23.7 Å². The topological polar surface area (TPSA) is 96.8 Å². The molecule has 0 spiro atoms. The van der Waals surface area contributed by atoms with E-state index in [1.807, 2.05) is 0 Å². The van der Waals surface area contributed by atoms with E-state index in [-0.39, 0.29) is 18.9 Å². The Hall–Kier alpha value is -1.82. The average Bonchev–Trinajstić information content (AvgIpc) is 3.14. The first-order chi connectivity index (χ1) is 9.98. The van der Waals surface area contributed by atoms with Crippen molar-refractivity contribution in [1.82, 2.24) is 4.90 Å². The molecule has 1 atom stereocenters. The predicted molar refractivity (Wildman–Crippen MR) is 74.6 cm³/mol. The Morgan fingerprint density at radius 3 is 2.90 bits per heavy atom. The van der Waals surface area contributed by atoms with Crippen LogP contribution in [0.5, 0.6) is 0 Å². The molecule has 0 bridgehead atoms. The van der Waals surface area contributed by atoms with Crippen LogP contribution in [-0.2, 0) is 4.79 Å². The molecule has 3 rings (SSSR count). The van der Waals surface area contributed by atoms with Gasteiger partial charge in [0.25, 0.3) is 5.91 Å². The fraction of sp³-hybridized carbons (Fsp3) is 0.600. The first-order valence-corrected chi connectivity index (χ1v) is 7.36. The van der Waals surface area contributed by atoms with E-state index in [0.29, 0.717) is 30.9 Å². The molecule has 1 aromatic rings. The minimum atomic E-state index is -1.21. The molecule has 0 radical (unpaired) electrons. The number of piperidine rings is 1. The third kappa shape index (κ3) is 2.95. The maximum atomic E-state index is 12.6. The van der Waals surface area contributed by atoms with Crippen molar-refractivity contribution in [3.63, 3.8) is 0 Å². The van der Waals surface area contributed by atoms with Gasteiger partial charge in [-0.2, -0.15) is 0 Å². The number of furan rings is 1. The van der Waals surface area contributed by atoms with Crippen LogP contribution in [0.2, 0.25) is 0 Å². The van der Waals surface area contributed by atoms with Crippen LogP contribution in [0.15, 0.2) is 16.7 Å². The van der Waals surface area contributed by atoms with Gasteiger partial charge in [-0.3, -0.25) is 9.59 Å². The standard InChI is InChI=1S/C15H20N2O4/c16-12(18)8-15(20)5-1-6-17(9-15)14(19)11-4-7-21-13(11)10-2-3-10/h4,7,10,20H,1-3,5-6,8-9H2,(H2,16,18). The van der Waals surface area contributed by atoms with E-state index in [2.05, 4.69) is 0 Å². The van der Waals surface area contributed by atoms with Gasteiger partial charge >= 0.3 is 0 Å². The zero-order valence-corrected chi connectivity index (χ0v) is 11.9. The van der Waals surface area contributed by atoms with E-state index in [4.69, 9.17) is 10.2 Å². The Morgan fingerprint density at radius 2 is 2.24 bits per heavy atom. The summed E-state index contributed by atoms with van der Waals surface area (Å²) >= 11 is 0. The highest BCUT2D eigenvalue weighted by molar-refractivity contribution is 5.95. The quantitative estimate of drug-likeness (QED) is 0.865. The molecule has 2 fully saturated rings. The molecule has 2 amide bonds. The minimum Gasteiger partial charge on any atom is -0.468 e. The number of carbonyl (C=O) groups excluding carboxylic acids is 2. The predicted octanol–water partition coefficient (Wildman–Crippen LogP) is 0.999. The van der Waals surface area contributed by atoms with Gasteiger partial charge in [-0.1, -0.05) is 0 Å². The molecule has 1 unspecified atom stereocenters. The Balaban J connectivity index is 1.75. The second kappa shape index (κ2) is 5.18. The minimum absolute atomic E-state index is 0.113. The zero-order chi connectivity index (χ0) is 15.0. The third-order valence-electron chi connectivity index (χ3n) is 4.22. The molecule has 2 heterocycles.